The van der Waals surface area contributed by atoms with Crippen molar-refractivity contribution in [1.29, 1.82) is 0 Å². The molecule has 0 amide bonds. The lowest BCUT2D eigenvalue weighted by molar-refractivity contribution is -0.138. The van der Waals surface area contributed by atoms with Gasteiger partial charge in [0.05, 0.1) is 6.42 Å². The van der Waals surface area contributed by atoms with Gasteiger partial charge in [0.25, 0.3) is 0 Å². The van der Waals surface area contributed by atoms with E-state index in [9.17, 15) is 14.7 Å². The van der Waals surface area contributed by atoms with Gasteiger partial charge in [-0.25, -0.2) is 0 Å². The van der Waals surface area contributed by atoms with Gasteiger partial charge >= 0.3 is 5.97 Å². The van der Waals surface area contributed by atoms with E-state index in [2.05, 4.69) is 17.0 Å². The summed E-state index contributed by atoms with van der Waals surface area (Å²) in [7, 11) is 0. The van der Waals surface area contributed by atoms with E-state index in [4.69, 9.17) is 4.74 Å². The number of hydrogen-bond acceptors (Lipinski definition) is 4. The number of carboxylic acid groups (broad SMARTS) is 1. The second kappa shape index (κ2) is 5.46. The second-order valence-electron chi connectivity index (χ2n) is 7.61. The topological polar surface area (TPSA) is 66.8 Å². The lowest BCUT2D eigenvalue weighted by atomic mass is 9.75. The zero-order valence-electron chi connectivity index (χ0n) is 14.9. The Morgan fingerprint density at radius 2 is 2.11 bits per heavy atom. The fourth-order valence-corrected chi connectivity index (χ4v) is 4.80. The number of anilines is 1. The molecule has 4 aliphatic rings. The minimum Gasteiger partial charge on any atom is -0.485 e. The number of nitrogens with zero attached hydrogens (tertiary/aromatic N) is 1. The molecule has 1 aromatic rings. The average molecular weight is 361 g/mol. The largest absolute Gasteiger partial charge is 0.485 e. The van der Waals surface area contributed by atoms with E-state index in [1.54, 1.807) is 6.08 Å². The summed E-state index contributed by atoms with van der Waals surface area (Å²) in [6.07, 6.45) is 7.55. The van der Waals surface area contributed by atoms with E-state index in [1.165, 1.54) is 12.2 Å². The molecule has 0 spiro atoms. The maximum absolute atomic E-state index is 11.7. The fraction of sp³-hybridized carbons (Fsp3) is 0.273. The average Bonchev–Trinajstić information content (AvgIpc) is 2.89. The van der Waals surface area contributed by atoms with Crippen molar-refractivity contribution in [2.75, 3.05) is 11.4 Å². The van der Waals surface area contributed by atoms with Crippen LogP contribution in [-0.2, 0) is 19.7 Å². The quantitative estimate of drug-likeness (QED) is 0.876. The number of benzene rings is 1. The number of allylic oxidation sites excluding steroid dienone is 4. The van der Waals surface area contributed by atoms with Crippen LogP contribution in [0.15, 0.2) is 71.2 Å². The Kier molecular flexibility index (Phi) is 3.26. The van der Waals surface area contributed by atoms with Gasteiger partial charge < -0.3 is 14.7 Å². The van der Waals surface area contributed by atoms with Crippen molar-refractivity contribution in [2.45, 2.75) is 31.3 Å². The second-order valence-corrected chi connectivity index (χ2v) is 7.61. The summed E-state index contributed by atoms with van der Waals surface area (Å²) in [5.74, 6) is -0.280. The monoisotopic (exact) mass is 361 g/mol. The van der Waals surface area contributed by atoms with Gasteiger partial charge in [0.1, 0.15) is 11.9 Å². The molecule has 136 valence electrons. The van der Waals surface area contributed by atoms with E-state index in [0.717, 1.165) is 41.1 Å². The van der Waals surface area contributed by atoms with Crippen LogP contribution in [0.4, 0.5) is 5.69 Å². The number of carbonyl (C=O) groups excluding carboxylic acids is 1. The van der Waals surface area contributed by atoms with E-state index in [1.807, 2.05) is 25.1 Å². The predicted molar refractivity (Wildman–Crippen MR) is 100 cm³/mol. The van der Waals surface area contributed by atoms with Crippen LogP contribution in [0.5, 0.6) is 0 Å². The Hall–Kier alpha value is -3.08. The molecule has 27 heavy (non-hydrogen) atoms. The summed E-state index contributed by atoms with van der Waals surface area (Å²) < 4.78 is 6.16. The first-order valence-corrected chi connectivity index (χ1v) is 9.13. The number of ether oxygens (including phenoxy) is 1. The molecule has 2 unspecified atom stereocenters. The lowest BCUT2D eigenvalue weighted by Gasteiger charge is -2.40. The third-order valence-electron chi connectivity index (χ3n) is 5.89. The molecule has 0 radical (unpaired) electrons. The molecule has 5 nitrogen and oxygen atoms in total. The molecule has 5 heteroatoms. The van der Waals surface area contributed by atoms with E-state index in [-0.39, 0.29) is 18.3 Å². The van der Waals surface area contributed by atoms with Crippen LogP contribution < -0.4 is 4.90 Å². The zero-order valence-corrected chi connectivity index (χ0v) is 14.9. The summed E-state index contributed by atoms with van der Waals surface area (Å²) in [5, 5.41) is 9.62. The summed E-state index contributed by atoms with van der Waals surface area (Å²) >= 11 is 0. The van der Waals surface area contributed by atoms with E-state index in [0.29, 0.717) is 5.76 Å². The van der Waals surface area contributed by atoms with Crippen molar-refractivity contribution in [2.24, 2.45) is 0 Å². The number of carbonyl (C=O) groups is 2. The highest BCUT2D eigenvalue weighted by molar-refractivity contribution is 6.02. The summed E-state index contributed by atoms with van der Waals surface area (Å²) in [5.41, 5.74) is 4.41. The van der Waals surface area contributed by atoms with Gasteiger partial charge in [0.2, 0.25) is 0 Å². The van der Waals surface area contributed by atoms with Gasteiger partial charge in [-0.15, -0.1) is 0 Å². The van der Waals surface area contributed by atoms with Gasteiger partial charge in [0.15, 0.2) is 5.78 Å². The van der Waals surface area contributed by atoms with E-state index < -0.39 is 11.4 Å². The van der Waals surface area contributed by atoms with Gasteiger partial charge in [-0.05, 0) is 36.8 Å². The third-order valence-corrected chi connectivity index (χ3v) is 5.89. The molecule has 0 saturated heterocycles. The number of fused-ring (bicyclic) bond motifs is 5. The summed E-state index contributed by atoms with van der Waals surface area (Å²) in [4.78, 5) is 25.6. The Morgan fingerprint density at radius 1 is 1.30 bits per heavy atom. The van der Waals surface area contributed by atoms with Gasteiger partial charge in [0, 0.05) is 47.0 Å². The molecule has 0 saturated carbocycles. The SMILES string of the molecule is CC1(CC(=O)O)C2=C3C=C4C=CC(=O)C=C4OC3CCN2c2ccccc21. The van der Waals surface area contributed by atoms with E-state index >= 15 is 0 Å². The molecular formula is C22H19NO4. The molecule has 2 atom stereocenters. The molecule has 1 aliphatic carbocycles. The minimum absolute atomic E-state index is 0.0201. The first-order valence-electron chi connectivity index (χ1n) is 9.13. The Bertz CT molecular complexity index is 1010. The zero-order chi connectivity index (χ0) is 18.8. The molecule has 0 fully saturated rings. The molecular weight excluding hydrogens is 342 g/mol. The Morgan fingerprint density at radius 3 is 2.93 bits per heavy atom. The normalized spacial score (nSPS) is 27.8. The predicted octanol–water partition coefficient (Wildman–Crippen LogP) is 3.24. The third kappa shape index (κ3) is 2.24. The van der Waals surface area contributed by atoms with Gasteiger partial charge in [-0.1, -0.05) is 18.2 Å². The standard InChI is InChI=1S/C22H19NO4/c1-22(12-20(25)26)16-4-2-3-5-17(16)23-9-8-18-15(21(22)23)10-13-6-7-14(24)11-19(13)27-18/h2-7,10-11,18H,8-9,12H2,1H3,(H,25,26). The van der Waals surface area contributed by atoms with Crippen molar-refractivity contribution in [1.82, 2.24) is 0 Å². The highest BCUT2D eigenvalue weighted by Crippen LogP contribution is 2.54. The number of hydrogen-bond donors (Lipinski definition) is 1. The van der Waals surface area contributed by atoms with Crippen molar-refractivity contribution >= 4 is 17.4 Å². The molecule has 0 aromatic heterocycles. The first-order chi connectivity index (χ1) is 13.0. The van der Waals surface area contributed by atoms with Crippen molar-refractivity contribution in [3.8, 4) is 0 Å². The Balaban J connectivity index is 1.75. The minimum atomic E-state index is -0.822. The number of carboxylic acids is 1. The van der Waals surface area contributed by atoms with Crippen LogP contribution in [0.25, 0.3) is 0 Å². The maximum atomic E-state index is 11.7. The van der Waals surface area contributed by atoms with Crippen molar-refractivity contribution < 1.29 is 19.4 Å². The van der Waals surface area contributed by atoms with Crippen LogP contribution >= 0.6 is 0 Å². The maximum Gasteiger partial charge on any atom is 0.304 e. The molecule has 1 aromatic carbocycles. The van der Waals surface area contributed by atoms with Crippen LogP contribution in [0.2, 0.25) is 0 Å². The van der Waals surface area contributed by atoms with Crippen LogP contribution in [0.1, 0.15) is 25.3 Å². The number of rotatable bonds is 2. The first kappa shape index (κ1) is 16.1. The number of ketones is 1. The highest BCUT2D eigenvalue weighted by Gasteiger charge is 2.49. The molecule has 3 heterocycles. The van der Waals surface area contributed by atoms with Gasteiger partial charge in [-0.2, -0.15) is 0 Å². The molecule has 0 bridgehead atoms. The highest BCUT2D eigenvalue weighted by atomic mass is 16.5. The number of para-hydroxylation sites is 1. The molecule has 1 N–H and O–H groups in total. The Labute approximate surface area is 156 Å². The fourth-order valence-electron chi connectivity index (χ4n) is 4.80. The van der Waals surface area contributed by atoms with Gasteiger partial charge in [-0.3, -0.25) is 9.59 Å². The molecule has 5 rings (SSSR count). The summed E-state index contributed by atoms with van der Waals surface area (Å²) in [6.45, 7) is 2.77. The lowest BCUT2D eigenvalue weighted by Crippen LogP contribution is -2.41. The smallest absolute Gasteiger partial charge is 0.304 e. The summed E-state index contributed by atoms with van der Waals surface area (Å²) in [6, 6.07) is 8.04. The van der Waals surface area contributed by atoms with Crippen molar-refractivity contribution in [3.63, 3.8) is 0 Å². The van der Waals surface area contributed by atoms with Crippen LogP contribution in [-0.4, -0.2) is 29.5 Å². The molecule has 3 aliphatic heterocycles. The van der Waals surface area contributed by atoms with Crippen LogP contribution in [0.3, 0.4) is 0 Å². The number of aliphatic carboxylic acids is 1. The van der Waals surface area contributed by atoms with Crippen LogP contribution in [0, 0.1) is 0 Å². The van der Waals surface area contributed by atoms with Crippen molar-refractivity contribution in [3.05, 3.63) is 76.7 Å².